The summed E-state index contributed by atoms with van der Waals surface area (Å²) in [5, 5.41) is 22.9. The highest BCUT2D eigenvalue weighted by Gasteiger charge is 2.46. The topological polar surface area (TPSA) is 433 Å². The summed E-state index contributed by atoms with van der Waals surface area (Å²) in [4.78, 5) is 154. The van der Waals surface area contributed by atoms with Gasteiger partial charge >= 0.3 is 36.4 Å². The average molecular weight is 1790 g/mol. The quantitative estimate of drug-likeness (QED) is 0.0320. The van der Waals surface area contributed by atoms with Crippen molar-refractivity contribution < 1.29 is 90.9 Å². The fourth-order valence-electron chi connectivity index (χ4n) is 18.5. The molecule has 6 aliphatic rings. The molecule has 0 aliphatic carbocycles. The molecule has 14 atom stereocenters. The Labute approximate surface area is 753 Å². The Balaban J connectivity index is 0.000000185. The first-order valence-electron chi connectivity index (χ1n) is 44.2. The van der Waals surface area contributed by atoms with Gasteiger partial charge in [0.05, 0.1) is 111 Å². The largest absolute Gasteiger partial charge is 0.488 e. The first-order chi connectivity index (χ1) is 62.0. The summed E-state index contributed by atoms with van der Waals surface area (Å²) in [6.07, 6.45) is 4.04. The Hall–Kier alpha value is -13.1. The molecule has 4 aromatic heterocycles. The van der Waals surface area contributed by atoms with Gasteiger partial charge in [-0.25, -0.2) is 48.7 Å². The predicted octanol–water partition coefficient (Wildman–Crippen LogP) is 15.0. The third-order valence-electron chi connectivity index (χ3n) is 25.5. The number of aliphatic carboxylic acids is 1. The van der Waals surface area contributed by atoms with Gasteiger partial charge < -0.3 is 104 Å². The highest BCUT2D eigenvalue weighted by Crippen LogP contribution is 2.48. The second-order valence-corrected chi connectivity index (χ2v) is 36.4. The molecule has 9 N–H and O–H groups in total. The summed E-state index contributed by atoms with van der Waals surface area (Å²) in [6.45, 7) is 26.8. The second-order valence-electron chi connectivity index (χ2n) is 36.4. The zero-order valence-corrected chi connectivity index (χ0v) is 76.9. The number of amides is 8. The number of carboxylic acid groups (broad SMARTS) is 1. The van der Waals surface area contributed by atoms with E-state index in [0.29, 0.717) is 50.3 Å². The summed E-state index contributed by atoms with van der Waals surface area (Å²) in [5.74, 6) is 2.98. The molecule has 6 aliphatic heterocycles. The zero-order chi connectivity index (χ0) is 93.3. The predicted molar refractivity (Wildman–Crippen MR) is 484 cm³/mol. The van der Waals surface area contributed by atoms with Crippen LogP contribution in [0.3, 0.4) is 0 Å². The lowest BCUT2D eigenvalue weighted by molar-refractivity contribution is -0.142. The Morgan fingerprint density at radius 3 is 1.26 bits per heavy atom. The minimum Gasteiger partial charge on any atom is -0.488 e. The summed E-state index contributed by atoms with van der Waals surface area (Å²) >= 11 is 0. The van der Waals surface area contributed by atoms with Gasteiger partial charge in [0.15, 0.2) is 6.04 Å². The molecule has 0 radical (unpaired) electrons. The van der Waals surface area contributed by atoms with Crippen LogP contribution in [0.2, 0.25) is 0 Å². The SMILES string of the molecule is COC(=O)N[C@H](C(=O)N1[C@@H](C)CC[C@H]1c1nc2c(ccc3cc4c(cc32)OCc2cc(-c3cnc(C5C[C@H](C)CN5C(=O)OC(C)(C)C)[nH]3)ccc2-4)[nH]1)C(C)C.COC(=O)N[C@H](C(=O)N1[C@@H](C)CC[C@H]1c1nc2c(ccc3cc4c(cc32)OCc2cc(-c3cnc(C5C[C@H](C)CN5C(=O)[C@@H](NC(=O)OC)[C@@H](C)OC)[nH]3)ccc2-4)[nH]1)C(C)C.COC(=O)N[C@H](C(=O)O)C(C)OC. The maximum Gasteiger partial charge on any atom is 0.410 e. The van der Waals surface area contributed by atoms with Crippen molar-refractivity contribution in [3.8, 4) is 56.3 Å². The number of benzene rings is 6. The van der Waals surface area contributed by atoms with E-state index in [-0.39, 0.29) is 77.8 Å². The van der Waals surface area contributed by atoms with E-state index in [1.807, 2.05) is 90.4 Å². The Morgan fingerprint density at radius 1 is 0.462 bits per heavy atom. The number of rotatable bonds is 20. The smallest absolute Gasteiger partial charge is 0.410 e. The van der Waals surface area contributed by atoms with Crippen LogP contribution in [0.25, 0.3) is 88.4 Å². The van der Waals surface area contributed by atoms with E-state index in [4.69, 9.17) is 62.9 Å². The molecule has 6 aromatic carbocycles. The maximum absolute atomic E-state index is 14.0. The van der Waals surface area contributed by atoms with Crippen LogP contribution in [-0.4, -0.2) is 229 Å². The summed E-state index contributed by atoms with van der Waals surface area (Å²) in [7, 11) is 7.87. The van der Waals surface area contributed by atoms with Gasteiger partial charge in [-0.2, -0.15) is 0 Å². The molecule has 35 heteroatoms. The van der Waals surface area contributed by atoms with Crippen molar-refractivity contribution in [2.45, 2.75) is 220 Å². The number of likely N-dealkylation sites (tertiary alicyclic amines) is 4. The lowest BCUT2D eigenvalue weighted by Crippen LogP contribution is -2.54. The summed E-state index contributed by atoms with van der Waals surface area (Å²) in [5.41, 5.74) is 12.7. The molecule has 35 nitrogen and oxygen atoms in total. The number of H-pyrrole nitrogens is 4. The van der Waals surface area contributed by atoms with Gasteiger partial charge in [0, 0.05) is 61.3 Å². The Morgan fingerprint density at radius 2 is 0.862 bits per heavy atom. The van der Waals surface area contributed by atoms with Crippen LogP contribution in [-0.2, 0) is 65.5 Å². The van der Waals surface area contributed by atoms with Crippen LogP contribution in [0.5, 0.6) is 11.5 Å². The van der Waals surface area contributed by atoms with E-state index >= 15 is 0 Å². The van der Waals surface area contributed by atoms with Crippen molar-refractivity contribution in [3.05, 3.63) is 132 Å². The number of methoxy groups -OCH3 is 6. The highest BCUT2D eigenvalue weighted by atomic mass is 16.6. The Bertz CT molecular complexity index is 5930. The number of hydrogen-bond acceptors (Lipinski definition) is 22. The van der Waals surface area contributed by atoms with Crippen molar-refractivity contribution in [1.82, 2.24) is 80.7 Å². The van der Waals surface area contributed by atoms with E-state index in [1.165, 1.54) is 42.5 Å². The van der Waals surface area contributed by atoms with Crippen molar-refractivity contribution in [2.75, 3.05) is 55.7 Å². The molecule has 0 saturated carbocycles. The zero-order valence-electron chi connectivity index (χ0n) is 76.9. The molecule has 0 spiro atoms. The number of aromatic amines is 4. The van der Waals surface area contributed by atoms with Crippen LogP contribution in [0.1, 0.15) is 187 Å². The molecule has 130 heavy (non-hydrogen) atoms. The average Bonchev–Trinajstić information content (AvgIpc) is 1.54. The lowest BCUT2D eigenvalue weighted by Gasteiger charge is -2.32. The first-order valence-corrected chi connectivity index (χ1v) is 44.2. The van der Waals surface area contributed by atoms with Gasteiger partial charge in [0.2, 0.25) is 17.7 Å². The van der Waals surface area contributed by atoms with E-state index in [2.05, 4.69) is 133 Å². The van der Waals surface area contributed by atoms with E-state index in [0.717, 1.165) is 162 Å². The van der Waals surface area contributed by atoms with Crippen molar-refractivity contribution in [1.29, 1.82) is 0 Å². The summed E-state index contributed by atoms with van der Waals surface area (Å²) in [6, 6.07) is 24.8. The van der Waals surface area contributed by atoms with Crippen molar-refractivity contribution >= 4 is 97.8 Å². The molecule has 8 amide bonds. The summed E-state index contributed by atoms with van der Waals surface area (Å²) < 4.78 is 47.5. The number of hydrogen-bond donors (Lipinski definition) is 9. The van der Waals surface area contributed by atoms with Gasteiger partial charge in [-0.3, -0.25) is 19.3 Å². The van der Waals surface area contributed by atoms with E-state index < -0.39 is 72.3 Å². The van der Waals surface area contributed by atoms with Gasteiger partial charge in [0.1, 0.15) is 71.7 Å². The number of carbonyl (C=O) groups is 9. The maximum atomic E-state index is 14.0. The number of carboxylic acids is 1. The van der Waals surface area contributed by atoms with Gasteiger partial charge in [0.25, 0.3) is 0 Å². The van der Waals surface area contributed by atoms with Crippen LogP contribution in [0.15, 0.2) is 97.3 Å². The minimum atomic E-state index is -1.17. The standard InChI is InChI=1S/C45H54N8O8.C43H51N7O6.C7H13NO5/c1-22(2)37(50-44(56)59-7)43(55)53-24(4)9-14-34(53)41-47-32-13-11-26-17-31-29-12-10-27(16-28(29)21-61-36(31)18-30(26)39(32)49-41)33-19-46-40(48-33)35-15-23(3)20-52(35)42(54)38(25(5)58-6)51-45(57)60-8;1-22(2)36(48-41(52)54-8)40(51)50-24(4)9-14-33(50)39-45-31-13-11-25-17-30-28-12-10-26(16-27(28)21-55-35(30)18-29(25)37(31)47-39)32-19-44-38(46-32)34-15-23(3)20-49(34)42(53)56-43(5,6)7;1-4(12-2)5(6(9)10)8-7(11)13-3/h10-13,16-19,22-25,34-35,37-38H,9,14-15,20-21H2,1-8H3,(H,46,48)(H,47,49)(H,50,56)(H,51,57);10-13,16-19,22-24,33-34,36H,9,14-15,20-21H2,1-8H3,(H,44,46)(H,45,47)(H,48,52);4-5H,1-3H3,(H,8,11)(H,9,10)/t23-,24-,25+,34-,35?,37-,38-;23-,24-,33-,34?,36-;4?,5-/m000/s1. The number of aromatic nitrogens is 8. The van der Waals surface area contributed by atoms with Gasteiger partial charge in [-0.05, 0) is 203 Å². The molecule has 10 heterocycles. The van der Waals surface area contributed by atoms with Crippen molar-refractivity contribution in [2.24, 2.45) is 23.7 Å². The van der Waals surface area contributed by atoms with Gasteiger partial charge in [-0.1, -0.05) is 77.9 Å². The Kier molecular flexibility index (Phi) is 27.7. The monoisotopic (exact) mass is 1790 g/mol. The number of fused-ring (bicyclic) bond motifs is 12. The lowest BCUT2D eigenvalue weighted by atomic mass is 9.92. The van der Waals surface area contributed by atoms with Crippen LogP contribution in [0.4, 0.5) is 24.0 Å². The normalized spacial score (nSPS) is 20.5. The molecule has 692 valence electrons. The van der Waals surface area contributed by atoms with E-state index in [9.17, 15) is 43.2 Å². The molecule has 3 unspecified atom stereocenters. The van der Waals surface area contributed by atoms with Gasteiger partial charge in [-0.15, -0.1) is 0 Å². The number of nitrogens with one attached hydrogen (secondary N) is 8. The fraction of sp³-hybridized carbons (Fsp3) is 0.484. The molecule has 0 bridgehead atoms. The highest BCUT2D eigenvalue weighted by molar-refractivity contribution is 6.08. The number of nitrogens with zero attached hydrogens (tertiary/aromatic N) is 8. The number of alkyl carbamates (subject to hydrolysis) is 4. The van der Waals surface area contributed by atoms with E-state index in [1.54, 1.807) is 22.9 Å². The number of ether oxygens (including phenoxy) is 9. The molecule has 10 aromatic rings. The molecule has 16 rings (SSSR count). The van der Waals surface area contributed by atoms with Crippen LogP contribution < -0.4 is 30.7 Å². The minimum absolute atomic E-state index is 0.0138. The van der Waals surface area contributed by atoms with Crippen LogP contribution >= 0.6 is 0 Å². The third-order valence-corrected chi connectivity index (χ3v) is 25.5. The second kappa shape index (κ2) is 38.7. The van der Waals surface area contributed by atoms with Crippen molar-refractivity contribution in [3.63, 3.8) is 0 Å². The molecular formula is C95H118N16O19. The number of carbonyl (C=O) groups excluding carboxylic acids is 8. The third kappa shape index (κ3) is 19.3. The molecule has 4 fully saturated rings. The van der Waals surface area contributed by atoms with Crippen LogP contribution in [0, 0.1) is 23.7 Å². The molecular weight excluding hydrogens is 1670 g/mol. The fourth-order valence-corrected chi connectivity index (χ4v) is 18.5. The first kappa shape index (κ1) is 93.1. The molecule has 4 saturated heterocycles. The number of imidazole rings is 4.